The summed E-state index contributed by atoms with van der Waals surface area (Å²) in [6, 6.07) is 5.33. The van der Waals surface area contributed by atoms with Gasteiger partial charge in [-0.25, -0.2) is 9.78 Å². The fraction of sp³-hybridized carbons (Fsp3) is 0.471. The minimum atomic E-state index is -0.668. The number of nitrogens with one attached hydrogen (secondary N) is 1. The van der Waals surface area contributed by atoms with Crippen LogP contribution in [0.2, 0.25) is 0 Å². The highest BCUT2D eigenvalue weighted by Crippen LogP contribution is 2.32. The summed E-state index contributed by atoms with van der Waals surface area (Å²) in [4.78, 5) is 29.2. The first-order valence-corrected chi connectivity index (χ1v) is 8.05. The lowest BCUT2D eigenvalue weighted by molar-refractivity contribution is -0.135. The van der Waals surface area contributed by atoms with Gasteiger partial charge in [-0.2, -0.15) is 0 Å². The summed E-state index contributed by atoms with van der Waals surface area (Å²) < 4.78 is 17.1. The molecule has 1 fully saturated rings. The Bertz CT molecular complexity index is 774. The molecule has 0 atom stereocenters. The average Bonchev–Trinajstić information content (AvgIpc) is 3.01. The Labute approximate surface area is 145 Å². The number of amides is 1. The van der Waals surface area contributed by atoms with Crippen molar-refractivity contribution in [3.05, 3.63) is 30.1 Å². The van der Waals surface area contributed by atoms with Gasteiger partial charge in [0.15, 0.2) is 5.69 Å². The lowest BCUT2D eigenvalue weighted by atomic mass is 9.80. The third-order valence-corrected chi connectivity index (χ3v) is 4.50. The molecule has 3 heterocycles. The molecule has 2 aromatic rings. The van der Waals surface area contributed by atoms with Crippen molar-refractivity contribution in [2.75, 3.05) is 39.4 Å². The molecule has 1 aliphatic rings. The van der Waals surface area contributed by atoms with Gasteiger partial charge in [0, 0.05) is 26.5 Å². The Kier molecular flexibility index (Phi) is 5.00. The summed E-state index contributed by atoms with van der Waals surface area (Å²) >= 11 is 0. The molecule has 0 bridgehead atoms. The van der Waals surface area contributed by atoms with E-state index in [0.717, 1.165) is 0 Å². The Morgan fingerprint density at radius 2 is 2.08 bits per heavy atom. The molecule has 0 radical (unpaired) electrons. The highest BCUT2D eigenvalue weighted by molar-refractivity contribution is 5.99. The Balaban J connectivity index is 1.94. The van der Waals surface area contributed by atoms with Gasteiger partial charge >= 0.3 is 5.97 Å². The zero-order valence-corrected chi connectivity index (χ0v) is 14.3. The molecule has 8 nitrogen and oxygen atoms in total. The topological polar surface area (TPSA) is 91.2 Å². The van der Waals surface area contributed by atoms with Gasteiger partial charge in [0.2, 0.25) is 11.9 Å². The normalized spacial score (nSPS) is 16.6. The summed E-state index contributed by atoms with van der Waals surface area (Å²) in [6.45, 7) is 1.31. The minimum Gasteiger partial charge on any atom is -0.464 e. The molecule has 0 spiro atoms. The van der Waals surface area contributed by atoms with Gasteiger partial charge in [-0.15, -0.1) is 0 Å². The van der Waals surface area contributed by atoms with Gasteiger partial charge in [0.05, 0.1) is 24.6 Å². The Morgan fingerprint density at radius 3 is 2.76 bits per heavy atom. The van der Waals surface area contributed by atoms with Crippen LogP contribution < -0.4 is 5.32 Å². The van der Waals surface area contributed by atoms with E-state index in [1.54, 1.807) is 35.9 Å². The van der Waals surface area contributed by atoms with E-state index in [0.29, 0.717) is 38.2 Å². The van der Waals surface area contributed by atoms with E-state index in [1.807, 2.05) is 0 Å². The molecule has 1 saturated heterocycles. The van der Waals surface area contributed by atoms with Crippen LogP contribution in [0.4, 0.5) is 5.95 Å². The molecule has 25 heavy (non-hydrogen) atoms. The zero-order valence-electron chi connectivity index (χ0n) is 14.3. The molecule has 0 aromatic carbocycles. The van der Waals surface area contributed by atoms with Crippen LogP contribution in [0.3, 0.4) is 0 Å². The Hall–Kier alpha value is -2.45. The van der Waals surface area contributed by atoms with Crippen molar-refractivity contribution < 1.29 is 23.8 Å². The maximum Gasteiger partial charge on any atom is 0.359 e. The number of methoxy groups -OCH3 is 2. The number of fused-ring (bicyclic) bond motifs is 1. The first kappa shape index (κ1) is 17.4. The molecule has 3 rings (SSSR count). The van der Waals surface area contributed by atoms with Crippen LogP contribution in [0.25, 0.3) is 5.52 Å². The lowest BCUT2D eigenvalue weighted by Crippen LogP contribution is -2.44. The highest BCUT2D eigenvalue weighted by Gasteiger charge is 2.40. The van der Waals surface area contributed by atoms with Gasteiger partial charge in [-0.3, -0.25) is 14.5 Å². The maximum absolute atomic E-state index is 13.0. The predicted molar refractivity (Wildman–Crippen MR) is 89.5 cm³/mol. The van der Waals surface area contributed by atoms with Gasteiger partial charge in [0.1, 0.15) is 0 Å². The van der Waals surface area contributed by atoms with E-state index < -0.39 is 11.4 Å². The van der Waals surface area contributed by atoms with Crippen molar-refractivity contribution in [1.29, 1.82) is 0 Å². The van der Waals surface area contributed by atoms with Crippen LogP contribution in [0.15, 0.2) is 24.4 Å². The first-order chi connectivity index (χ1) is 12.1. The summed E-state index contributed by atoms with van der Waals surface area (Å²) in [5.41, 5.74) is 0.0579. The number of hydrogen-bond donors (Lipinski definition) is 1. The molecule has 1 N–H and O–H groups in total. The van der Waals surface area contributed by atoms with E-state index in [-0.39, 0.29) is 17.5 Å². The fourth-order valence-corrected chi connectivity index (χ4v) is 3.08. The van der Waals surface area contributed by atoms with E-state index in [2.05, 4.69) is 10.3 Å². The van der Waals surface area contributed by atoms with Crippen molar-refractivity contribution in [3.8, 4) is 0 Å². The van der Waals surface area contributed by atoms with E-state index in [1.165, 1.54) is 7.11 Å². The molecule has 8 heteroatoms. The molecule has 2 aromatic heterocycles. The number of nitrogens with zero attached hydrogens (tertiary/aromatic N) is 2. The molecular formula is C17H21N3O5. The van der Waals surface area contributed by atoms with Crippen LogP contribution in [0.1, 0.15) is 23.3 Å². The quantitative estimate of drug-likeness (QED) is 0.824. The zero-order chi connectivity index (χ0) is 17.9. The molecule has 1 aliphatic heterocycles. The number of pyridine rings is 1. The van der Waals surface area contributed by atoms with Crippen molar-refractivity contribution in [2.24, 2.45) is 5.41 Å². The molecule has 134 valence electrons. The summed E-state index contributed by atoms with van der Waals surface area (Å²) in [5, 5.41) is 2.85. The molecule has 1 amide bonds. The van der Waals surface area contributed by atoms with E-state index in [9.17, 15) is 9.59 Å². The number of carbonyl (C=O) groups excluding carboxylic acids is 2. The van der Waals surface area contributed by atoms with Crippen LogP contribution in [-0.2, 0) is 19.0 Å². The number of imidazole rings is 1. The molecule has 0 unspecified atom stereocenters. The number of hydrogen-bond acceptors (Lipinski definition) is 6. The van der Waals surface area contributed by atoms with Crippen LogP contribution >= 0.6 is 0 Å². The summed E-state index contributed by atoms with van der Waals surface area (Å²) in [7, 11) is 2.87. The predicted octanol–water partition coefficient (Wildman–Crippen LogP) is 1.50. The SMILES string of the molecule is COCC1(C(=O)Nc2nc(C(=O)OC)c3ccccn23)CCOCC1. The van der Waals surface area contributed by atoms with Crippen LogP contribution in [0, 0.1) is 5.41 Å². The summed E-state index contributed by atoms with van der Waals surface area (Å²) in [5.74, 6) is -0.463. The first-order valence-electron chi connectivity index (χ1n) is 8.05. The highest BCUT2D eigenvalue weighted by atomic mass is 16.5. The molecular weight excluding hydrogens is 326 g/mol. The third kappa shape index (κ3) is 3.22. The molecule has 0 aliphatic carbocycles. The van der Waals surface area contributed by atoms with Crippen LogP contribution in [0.5, 0.6) is 0 Å². The monoisotopic (exact) mass is 347 g/mol. The summed E-state index contributed by atoms with van der Waals surface area (Å²) in [6.07, 6.45) is 2.87. The smallest absolute Gasteiger partial charge is 0.359 e. The van der Waals surface area contributed by atoms with Crippen molar-refractivity contribution in [1.82, 2.24) is 9.38 Å². The average molecular weight is 347 g/mol. The third-order valence-electron chi connectivity index (χ3n) is 4.50. The number of ether oxygens (including phenoxy) is 3. The van der Waals surface area contributed by atoms with E-state index in [4.69, 9.17) is 14.2 Å². The number of esters is 1. The second kappa shape index (κ2) is 7.20. The fourth-order valence-electron chi connectivity index (χ4n) is 3.08. The van der Waals surface area contributed by atoms with Gasteiger partial charge in [-0.1, -0.05) is 6.07 Å². The number of rotatable bonds is 5. The second-order valence-corrected chi connectivity index (χ2v) is 6.01. The second-order valence-electron chi connectivity index (χ2n) is 6.01. The van der Waals surface area contributed by atoms with E-state index >= 15 is 0 Å². The number of aromatic nitrogens is 2. The molecule has 0 saturated carbocycles. The van der Waals surface area contributed by atoms with Crippen molar-refractivity contribution in [3.63, 3.8) is 0 Å². The van der Waals surface area contributed by atoms with Gasteiger partial charge in [0.25, 0.3) is 0 Å². The van der Waals surface area contributed by atoms with Crippen molar-refractivity contribution >= 4 is 23.3 Å². The lowest BCUT2D eigenvalue weighted by Gasteiger charge is -2.34. The minimum absolute atomic E-state index is 0.158. The van der Waals surface area contributed by atoms with Gasteiger partial charge in [-0.05, 0) is 25.0 Å². The Morgan fingerprint density at radius 1 is 1.32 bits per heavy atom. The number of carbonyl (C=O) groups is 2. The standard InChI is InChI=1S/C17H21N3O5/c1-23-11-17(6-9-25-10-7-17)15(22)19-16-18-13(14(21)24-2)12-5-3-4-8-20(12)16/h3-5,8H,6-7,9-11H2,1-2H3,(H,18,19,22). The van der Waals surface area contributed by atoms with Crippen molar-refractivity contribution in [2.45, 2.75) is 12.8 Å². The number of anilines is 1. The largest absolute Gasteiger partial charge is 0.464 e. The van der Waals surface area contributed by atoms with Gasteiger partial charge < -0.3 is 14.2 Å². The maximum atomic E-state index is 13.0. The van der Waals surface area contributed by atoms with Crippen LogP contribution in [-0.4, -0.2) is 55.3 Å².